The second-order valence-electron chi connectivity index (χ2n) is 6.00. The minimum atomic E-state index is -3.82. The van der Waals surface area contributed by atoms with E-state index in [1.165, 1.54) is 24.3 Å². The Morgan fingerprint density at radius 1 is 1.04 bits per heavy atom. The molecule has 1 fully saturated rings. The zero-order chi connectivity index (χ0) is 18.6. The molecule has 0 radical (unpaired) electrons. The Morgan fingerprint density at radius 2 is 1.77 bits per heavy atom. The van der Waals surface area contributed by atoms with Crippen LogP contribution >= 0.6 is 11.6 Å². The summed E-state index contributed by atoms with van der Waals surface area (Å²) in [6.07, 6.45) is 0.865. The summed E-state index contributed by atoms with van der Waals surface area (Å²) in [7, 11) is -3.82. The van der Waals surface area contributed by atoms with E-state index in [9.17, 15) is 13.2 Å². The molecule has 138 valence electrons. The topological polar surface area (TPSA) is 78.5 Å². The van der Waals surface area contributed by atoms with Crippen LogP contribution in [0.3, 0.4) is 0 Å². The van der Waals surface area contributed by atoms with Crippen molar-refractivity contribution in [3.8, 4) is 0 Å². The molecule has 26 heavy (non-hydrogen) atoms. The first-order chi connectivity index (χ1) is 12.5. The van der Waals surface area contributed by atoms with Crippen LogP contribution in [0.25, 0.3) is 0 Å². The van der Waals surface area contributed by atoms with Crippen LogP contribution in [-0.4, -0.2) is 45.4 Å². The highest BCUT2D eigenvalue weighted by atomic mass is 35.5. The molecule has 1 heterocycles. The standard InChI is InChI=1S/C18H20ClN3O3S/c19-14-6-8-15(9-7-14)26(24,25)21-17-5-2-1-4-16(17)18(23)22-12-3-10-20-11-13-22/h1-2,4-9,20-21H,3,10-13H2. The third-order valence-corrected chi connectivity index (χ3v) is 5.79. The van der Waals surface area contributed by atoms with Crippen molar-refractivity contribution in [1.82, 2.24) is 10.2 Å². The molecule has 0 atom stereocenters. The predicted molar refractivity (Wildman–Crippen MR) is 102 cm³/mol. The van der Waals surface area contributed by atoms with Gasteiger partial charge in [0.2, 0.25) is 0 Å². The van der Waals surface area contributed by atoms with Gasteiger partial charge in [-0.2, -0.15) is 0 Å². The number of amides is 1. The molecule has 2 aromatic carbocycles. The van der Waals surface area contributed by atoms with Crippen LogP contribution in [0.2, 0.25) is 5.02 Å². The number of anilines is 1. The van der Waals surface area contributed by atoms with E-state index in [4.69, 9.17) is 11.6 Å². The molecule has 0 aliphatic carbocycles. The number of carbonyl (C=O) groups excluding carboxylic acids is 1. The number of rotatable bonds is 4. The molecule has 0 aromatic heterocycles. The van der Waals surface area contributed by atoms with Crippen molar-refractivity contribution in [2.24, 2.45) is 0 Å². The smallest absolute Gasteiger partial charge is 0.261 e. The second-order valence-corrected chi connectivity index (χ2v) is 8.12. The minimum Gasteiger partial charge on any atom is -0.337 e. The summed E-state index contributed by atoms with van der Waals surface area (Å²) in [5, 5.41) is 3.70. The van der Waals surface area contributed by atoms with Crippen LogP contribution in [-0.2, 0) is 10.0 Å². The van der Waals surface area contributed by atoms with E-state index in [1.807, 2.05) is 0 Å². The molecule has 2 N–H and O–H groups in total. The Bertz CT molecular complexity index is 877. The lowest BCUT2D eigenvalue weighted by Gasteiger charge is -2.21. The monoisotopic (exact) mass is 393 g/mol. The lowest BCUT2D eigenvalue weighted by molar-refractivity contribution is 0.0767. The Morgan fingerprint density at radius 3 is 2.54 bits per heavy atom. The lowest BCUT2D eigenvalue weighted by Crippen LogP contribution is -2.34. The fourth-order valence-electron chi connectivity index (χ4n) is 2.80. The van der Waals surface area contributed by atoms with Crippen LogP contribution in [0.1, 0.15) is 16.8 Å². The number of sulfonamides is 1. The highest BCUT2D eigenvalue weighted by Crippen LogP contribution is 2.22. The average Bonchev–Trinajstić information content (AvgIpc) is 2.91. The zero-order valence-corrected chi connectivity index (χ0v) is 15.7. The molecular weight excluding hydrogens is 374 g/mol. The predicted octanol–water partition coefficient (Wildman–Crippen LogP) is 2.58. The summed E-state index contributed by atoms with van der Waals surface area (Å²) in [4.78, 5) is 14.7. The van der Waals surface area contributed by atoms with Crippen molar-refractivity contribution in [3.05, 3.63) is 59.1 Å². The highest BCUT2D eigenvalue weighted by molar-refractivity contribution is 7.92. The van der Waals surface area contributed by atoms with Crippen molar-refractivity contribution < 1.29 is 13.2 Å². The van der Waals surface area contributed by atoms with Crippen molar-refractivity contribution in [2.75, 3.05) is 30.9 Å². The number of hydrogen-bond acceptors (Lipinski definition) is 4. The Balaban J connectivity index is 1.87. The van der Waals surface area contributed by atoms with Crippen LogP contribution < -0.4 is 10.0 Å². The molecule has 8 heteroatoms. The number of para-hydroxylation sites is 1. The van der Waals surface area contributed by atoms with Crippen molar-refractivity contribution >= 4 is 33.2 Å². The van der Waals surface area contributed by atoms with Gasteiger partial charge in [0.25, 0.3) is 15.9 Å². The summed E-state index contributed by atoms with van der Waals surface area (Å²) in [6.45, 7) is 2.83. The van der Waals surface area contributed by atoms with Gasteiger partial charge >= 0.3 is 0 Å². The van der Waals surface area contributed by atoms with Crippen molar-refractivity contribution in [2.45, 2.75) is 11.3 Å². The molecule has 0 saturated carbocycles. The van der Waals surface area contributed by atoms with E-state index < -0.39 is 10.0 Å². The largest absolute Gasteiger partial charge is 0.337 e. The number of carbonyl (C=O) groups is 1. The first kappa shape index (κ1) is 18.7. The Kier molecular flexibility index (Phi) is 5.80. The van der Waals surface area contributed by atoms with Gasteiger partial charge in [0.05, 0.1) is 16.1 Å². The fourth-order valence-corrected chi connectivity index (χ4v) is 4.00. The maximum absolute atomic E-state index is 12.9. The molecule has 0 bridgehead atoms. The minimum absolute atomic E-state index is 0.0862. The first-order valence-corrected chi connectivity index (χ1v) is 10.2. The maximum atomic E-state index is 12.9. The molecule has 1 saturated heterocycles. The Labute approximate surface area is 158 Å². The molecule has 0 unspecified atom stereocenters. The molecule has 1 amide bonds. The van der Waals surface area contributed by atoms with Gasteiger partial charge in [-0.05, 0) is 49.4 Å². The normalized spacial score (nSPS) is 15.3. The van der Waals surface area contributed by atoms with E-state index in [-0.39, 0.29) is 16.5 Å². The summed E-state index contributed by atoms with van der Waals surface area (Å²) in [5.74, 6) is -0.178. The molecule has 1 aliphatic heterocycles. The van der Waals surface area contributed by atoms with Crippen LogP contribution in [0.15, 0.2) is 53.4 Å². The van der Waals surface area contributed by atoms with E-state index in [0.717, 1.165) is 19.5 Å². The number of hydrogen-bond donors (Lipinski definition) is 2. The number of benzene rings is 2. The van der Waals surface area contributed by atoms with Crippen LogP contribution in [0.4, 0.5) is 5.69 Å². The van der Waals surface area contributed by atoms with E-state index in [0.29, 0.717) is 23.7 Å². The Hall–Kier alpha value is -2.09. The van der Waals surface area contributed by atoms with Gasteiger partial charge < -0.3 is 10.2 Å². The third kappa shape index (κ3) is 4.35. The molecule has 2 aromatic rings. The van der Waals surface area contributed by atoms with Gasteiger partial charge in [0, 0.05) is 24.7 Å². The average molecular weight is 394 g/mol. The van der Waals surface area contributed by atoms with E-state index in [1.54, 1.807) is 29.2 Å². The van der Waals surface area contributed by atoms with Gasteiger partial charge in [0.15, 0.2) is 0 Å². The van der Waals surface area contributed by atoms with Gasteiger partial charge in [-0.1, -0.05) is 23.7 Å². The molecule has 3 rings (SSSR count). The molecular formula is C18H20ClN3O3S. The zero-order valence-electron chi connectivity index (χ0n) is 14.1. The fraction of sp³-hybridized carbons (Fsp3) is 0.278. The SMILES string of the molecule is O=C(c1ccccc1NS(=O)(=O)c1ccc(Cl)cc1)N1CCCNCC1. The van der Waals surface area contributed by atoms with Gasteiger partial charge in [-0.25, -0.2) is 8.42 Å². The maximum Gasteiger partial charge on any atom is 0.261 e. The number of nitrogens with one attached hydrogen (secondary N) is 2. The van der Waals surface area contributed by atoms with Gasteiger partial charge in [-0.3, -0.25) is 9.52 Å². The summed E-state index contributed by atoms with van der Waals surface area (Å²) < 4.78 is 27.8. The van der Waals surface area contributed by atoms with E-state index >= 15 is 0 Å². The lowest BCUT2D eigenvalue weighted by atomic mass is 10.1. The van der Waals surface area contributed by atoms with Crippen molar-refractivity contribution in [3.63, 3.8) is 0 Å². The van der Waals surface area contributed by atoms with E-state index in [2.05, 4.69) is 10.0 Å². The summed E-state index contributed by atoms with van der Waals surface area (Å²) in [5.41, 5.74) is 0.608. The first-order valence-electron chi connectivity index (χ1n) is 8.35. The van der Waals surface area contributed by atoms with Gasteiger partial charge in [0.1, 0.15) is 0 Å². The van der Waals surface area contributed by atoms with Gasteiger partial charge in [-0.15, -0.1) is 0 Å². The highest BCUT2D eigenvalue weighted by Gasteiger charge is 2.22. The van der Waals surface area contributed by atoms with Crippen LogP contribution in [0.5, 0.6) is 0 Å². The van der Waals surface area contributed by atoms with Crippen molar-refractivity contribution in [1.29, 1.82) is 0 Å². The number of nitrogens with zero attached hydrogens (tertiary/aromatic N) is 1. The molecule has 1 aliphatic rings. The quantitative estimate of drug-likeness (QED) is 0.836. The summed E-state index contributed by atoms with van der Waals surface area (Å²) >= 11 is 5.82. The molecule has 6 nitrogen and oxygen atoms in total. The molecule has 0 spiro atoms. The van der Waals surface area contributed by atoms with Crippen LogP contribution in [0, 0.1) is 0 Å². The number of halogens is 1. The summed E-state index contributed by atoms with van der Waals surface area (Å²) in [6, 6.07) is 12.5. The third-order valence-electron chi connectivity index (χ3n) is 4.15. The second kappa shape index (κ2) is 8.07.